The van der Waals surface area contributed by atoms with Gasteiger partial charge < -0.3 is 44.7 Å². The van der Waals surface area contributed by atoms with E-state index >= 15 is 0 Å². The Morgan fingerprint density at radius 1 is 0.671 bits per heavy atom. The van der Waals surface area contributed by atoms with Crippen molar-refractivity contribution in [2.75, 3.05) is 25.6 Å². The van der Waals surface area contributed by atoms with E-state index in [4.69, 9.17) is 33.7 Å². The molecule has 3 heterocycles. The average molecular weight is 1070 g/mol. The number of aromatic nitrogens is 2. The third-order valence-electron chi connectivity index (χ3n) is 11.4. The maximum absolute atomic E-state index is 12.9. The number of rotatable bonds is 40. The Hall–Kier alpha value is -4.10. The number of unbranched alkanes of at least 4 members (excludes halogenated alkanes) is 8. The number of phosphoric acid groups is 2. The van der Waals surface area contributed by atoms with Crippen LogP contribution in [0.3, 0.4) is 0 Å². The van der Waals surface area contributed by atoms with Gasteiger partial charge in [0.05, 0.1) is 25.4 Å². The molecule has 2 aliphatic heterocycles. The van der Waals surface area contributed by atoms with Crippen molar-refractivity contribution < 1.29 is 71.0 Å². The fourth-order valence-electron chi connectivity index (χ4n) is 7.22. The first-order valence-corrected chi connectivity index (χ1v) is 28.7. The van der Waals surface area contributed by atoms with E-state index in [0.717, 1.165) is 62.1 Å². The number of carbonyl (C=O) groups is 2. The van der Waals surface area contributed by atoms with Crippen LogP contribution in [0.2, 0.25) is 0 Å². The van der Waals surface area contributed by atoms with E-state index in [1.165, 1.54) is 44.6 Å². The molecule has 2 fully saturated rings. The molecule has 9 atom stereocenters. The number of esters is 2. The van der Waals surface area contributed by atoms with Crippen LogP contribution in [0.15, 0.2) is 102 Å². The van der Waals surface area contributed by atoms with Crippen LogP contribution in [0, 0.1) is 0 Å². The van der Waals surface area contributed by atoms with Gasteiger partial charge in [-0.2, -0.15) is 9.29 Å². The van der Waals surface area contributed by atoms with Crippen LogP contribution in [0.25, 0.3) is 0 Å². The van der Waals surface area contributed by atoms with Gasteiger partial charge in [0, 0.05) is 19.0 Å². The Balaban J connectivity index is 1.43. The summed E-state index contributed by atoms with van der Waals surface area (Å²) in [6.45, 7) is 1.97. The van der Waals surface area contributed by atoms with Gasteiger partial charge in [-0.25, -0.2) is 13.9 Å². The molecular formula is C52H81N3O16P2. The maximum atomic E-state index is 12.9. The number of carbonyl (C=O) groups excluding carboxylic acids is 2. The van der Waals surface area contributed by atoms with Crippen molar-refractivity contribution in [3.63, 3.8) is 0 Å². The van der Waals surface area contributed by atoms with E-state index < -0.39 is 83.7 Å². The van der Waals surface area contributed by atoms with Crippen molar-refractivity contribution in [1.29, 1.82) is 0 Å². The van der Waals surface area contributed by atoms with Gasteiger partial charge in [0.1, 0.15) is 30.7 Å². The van der Waals surface area contributed by atoms with Crippen molar-refractivity contribution in [2.45, 2.75) is 185 Å². The first kappa shape index (κ1) is 63.2. The summed E-state index contributed by atoms with van der Waals surface area (Å²) in [4.78, 5) is 61.9. The van der Waals surface area contributed by atoms with Crippen LogP contribution < -0.4 is 11.4 Å². The number of ether oxygens (including phenoxy) is 4. The zero-order valence-electron chi connectivity index (χ0n) is 42.6. The highest BCUT2D eigenvalue weighted by molar-refractivity contribution is 7.61. The minimum absolute atomic E-state index is 0.0294. The minimum atomic E-state index is -5.45. The van der Waals surface area contributed by atoms with Gasteiger partial charge in [0.25, 0.3) is 0 Å². The number of hydrogen-bond donors (Lipinski definition) is 5. The molecule has 0 amide bonds. The first-order valence-electron chi connectivity index (χ1n) is 25.7. The highest BCUT2D eigenvalue weighted by Gasteiger charge is 2.46. The molecular weight excluding hydrogens is 985 g/mol. The second kappa shape index (κ2) is 36.8. The molecule has 0 radical (unpaired) electrons. The highest BCUT2D eigenvalue weighted by Crippen LogP contribution is 2.60. The van der Waals surface area contributed by atoms with Crippen LogP contribution in [0.1, 0.15) is 148 Å². The van der Waals surface area contributed by atoms with Crippen molar-refractivity contribution >= 4 is 33.4 Å². The van der Waals surface area contributed by atoms with Crippen molar-refractivity contribution in [2.24, 2.45) is 0 Å². The average Bonchev–Trinajstić information content (AvgIpc) is 4.04. The number of aliphatic hydroxyl groups excluding tert-OH is 2. The van der Waals surface area contributed by atoms with E-state index in [1.54, 1.807) is 0 Å². The number of anilines is 1. The lowest BCUT2D eigenvalue weighted by Crippen LogP contribution is -2.36. The number of aliphatic hydroxyl groups is 2. The van der Waals surface area contributed by atoms with E-state index in [0.29, 0.717) is 31.8 Å². The molecule has 0 aromatic carbocycles. The maximum Gasteiger partial charge on any atom is 0.481 e. The van der Waals surface area contributed by atoms with Gasteiger partial charge in [-0.15, -0.1) is 0 Å². The minimum Gasteiger partial charge on any atom is -0.462 e. The molecule has 0 aliphatic carbocycles. The lowest BCUT2D eigenvalue weighted by molar-refractivity contribution is -0.161. The van der Waals surface area contributed by atoms with Gasteiger partial charge in [0.2, 0.25) is 0 Å². The summed E-state index contributed by atoms with van der Waals surface area (Å²) in [5.41, 5.74) is 4.58. The number of nitrogens with two attached hydrogens (primary N) is 1. The molecule has 2 saturated heterocycles. The highest BCUT2D eigenvalue weighted by atomic mass is 31.3. The monoisotopic (exact) mass is 1070 g/mol. The third kappa shape index (κ3) is 29.0. The number of phosphoric ester groups is 2. The summed E-state index contributed by atoms with van der Waals surface area (Å²) in [5.74, 6) is -1.45. The van der Waals surface area contributed by atoms with Gasteiger partial charge in [-0.05, 0) is 96.0 Å². The summed E-state index contributed by atoms with van der Waals surface area (Å²) in [6, 6.07) is 1.24. The largest absolute Gasteiger partial charge is 0.481 e. The number of allylic oxidation sites excluding steroid dienone is 12. The second-order valence-electron chi connectivity index (χ2n) is 17.7. The molecule has 73 heavy (non-hydrogen) atoms. The number of nitrogen functional groups attached to an aromatic ring is 1. The third-order valence-corrected chi connectivity index (χ3v) is 14.0. The molecule has 0 bridgehead atoms. The molecule has 21 heteroatoms. The van der Waals surface area contributed by atoms with Crippen molar-refractivity contribution in [1.82, 2.24) is 9.55 Å². The zero-order valence-corrected chi connectivity index (χ0v) is 44.4. The smallest absolute Gasteiger partial charge is 0.462 e. The Morgan fingerprint density at radius 3 is 1.73 bits per heavy atom. The molecule has 0 saturated carbocycles. The summed E-state index contributed by atoms with van der Waals surface area (Å²) in [5, 5.41) is 20.9. The molecule has 0 spiro atoms. The number of epoxide rings is 1. The molecule has 1 aromatic heterocycles. The normalized spacial score (nSPS) is 22.4. The van der Waals surface area contributed by atoms with Crippen molar-refractivity contribution in [3.8, 4) is 0 Å². The Morgan fingerprint density at radius 2 is 1.16 bits per heavy atom. The van der Waals surface area contributed by atoms with Crippen LogP contribution in [-0.2, 0) is 51.0 Å². The van der Waals surface area contributed by atoms with Crippen LogP contribution in [-0.4, -0.2) is 97.9 Å². The van der Waals surface area contributed by atoms with Gasteiger partial charge in [-0.3, -0.25) is 23.2 Å². The van der Waals surface area contributed by atoms with E-state index in [2.05, 4.69) is 83.9 Å². The first-order chi connectivity index (χ1) is 35.1. The molecule has 410 valence electrons. The quantitative estimate of drug-likeness (QED) is 0.0134. The molecule has 6 N–H and O–H groups in total. The van der Waals surface area contributed by atoms with Crippen LogP contribution in [0.5, 0.6) is 0 Å². The summed E-state index contributed by atoms with van der Waals surface area (Å²) in [6.07, 6.45) is 39.9. The molecule has 1 aromatic rings. The SMILES string of the molecule is CCCCC/C=C\C/C=C\C/C=C\C/C=C\CCCC(=O)O[C@H](COC(=O)CCC/C=C\C/C=C\CC1OC1C/C=C\CCCCC)COP(=O)(O)OP(=O)(O)OC[C@H]1O[C@@H](n2ccc(N)nc2=O)[C@H](O)[C@@H]1O. The fourth-order valence-corrected chi connectivity index (χ4v) is 9.33. The zero-order chi connectivity index (χ0) is 53.2. The number of nitrogens with zero attached hydrogens (tertiary/aromatic N) is 2. The van der Waals surface area contributed by atoms with Gasteiger partial charge in [-0.1, -0.05) is 125 Å². The van der Waals surface area contributed by atoms with Crippen molar-refractivity contribution in [3.05, 3.63) is 108 Å². The van der Waals surface area contributed by atoms with E-state index in [1.807, 2.05) is 24.3 Å². The molecule has 3 rings (SSSR count). The lowest BCUT2D eigenvalue weighted by Gasteiger charge is -2.21. The summed E-state index contributed by atoms with van der Waals surface area (Å²) in [7, 11) is -10.9. The predicted molar refractivity (Wildman–Crippen MR) is 279 cm³/mol. The van der Waals surface area contributed by atoms with Gasteiger partial charge >= 0.3 is 33.3 Å². The van der Waals surface area contributed by atoms with E-state index in [-0.39, 0.29) is 24.8 Å². The van der Waals surface area contributed by atoms with Gasteiger partial charge in [0.15, 0.2) is 12.3 Å². The number of hydrogen-bond acceptors (Lipinski definition) is 16. The van der Waals surface area contributed by atoms with Crippen LogP contribution in [0.4, 0.5) is 5.82 Å². The summed E-state index contributed by atoms with van der Waals surface area (Å²) < 4.78 is 62.4. The molecule has 19 nitrogen and oxygen atoms in total. The Kier molecular flexibility index (Phi) is 31.8. The van der Waals surface area contributed by atoms with Crippen LogP contribution >= 0.6 is 15.6 Å². The fraction of sp³-hybridized carbons (Fsp3) is 0.615. The lowest BCUT2D eigenvalue weighted by atomic mass is 10.1. The predicted octanol–water partition coefficient (Wildman–Crippen LogP) is 9.65. The second-order valence-corrected chi connectivity index (χ2v) is 20.7. The topological polar surface area (TPSA) is 278 Å². The Bertz CT molecular complexity index is 2120. The summed E-state index contributed by atoms with van der Waals surface area (Å²) >= 11 is 0. The molecule has 4 unspecified atom stereocenters. The van der Waals surface area contributed by atoms with E-state index in [9.17, 15) is 43.5 Å². The Labute approximate surface area is 431 Å². The standard InChI is InChI=1S/C52H81N3O16P2/c1-3-5-7-9-11-12-13-14-15-16-17-18-19-20-23-28-32-36-48(57)68-42(39-65-47(56)35-31-27-24-21-22-26-30-34-44-43(69-44)33-29-25-10-8-6-4-2)40-66-72(61,62)71-73(63,64)67-41-45-49(58)50(59)51(70-45)55-38-37-46(53)54-52(55)60/h11-12,14-15,17-18,20-21,23-26,29-30,37-38,42-45,49-51,58-59H,3-10,13,16,19,22,27-28,31-36,39-41H2,1-2H3,(H,61,62)(H,63,64)(H2,53,54,60)/b12-11-,15-14-,18-17-,23-20-,24-21-,29-25-,30-26-/t42-,43?,44?,45-,49-,50-,51-/m1/s1. The molecule has 2 aliphatic rings.